The van der Waals surface area contributed by atoms with Gasteiger partial charge in [-0.25, -0.2) is 0 Å². The third kappa shape index (κ3) is 2.42. The van der Waals surface area contributed by atoms with Crippen LogP contribution < -0.4 is 5.32 Å². The fourth-order valence-corrected chi connectivity index (χ4v) is 1.96. The molecule has 4 heteroatoms. The lowest BCUT2D eigenvalue weighted by Gasteiger charge is -2.09. The van der Waals surface area contributed by atoms with E-state index in [1.54, 1.807) is 17.8 Å². The average molecular weight is 243 g/mol. The van der Waals surface area contributed by atoms with E-state index in [0.29, 0.717) is 5.69 Å². The van der Waals surface area contributed by atoms with Crippen molar-refractivity contribution < 1.29 is 4.79 Å². The molecule has 18 heavy (non-hydrogen) atoms. The standard InChI is InChI=1S/C14H17N3O/c1-9-5-6-12(10(2)7-9)15-14(18)13-8-11(3)16-17(13)4/h5-8H,1-4H3,(H,15,18). The van der Waals surface area contributed by atoms with E-state index in [9.17, 15) is 4.79 Å². The Morgan fingerprint density at radius 2 is 1.94 bits per heavy atom. The van der Waals surface area contributed by atoms with E-state index in [-0.39, 0.29) is 5.91 Å². The summed E-state index contributed by atoms with van der Waals surface area (Å²) in [6, 6.07) is 7.73. The van der Waals surface area contributed by atoms with Gasteiger partial charge in [-0.3, -0.25) is 9.48 Å². The highest BCUT2D eigenvalue weighted by Crippen LogP contribution is 2.17. The summed E-state index contributed by atoms with van der Waals surface area (Å²) in [5, 5.41) is 7.07. The number of hydrogen-bond donors (Lipinski definition) is 1. The molecule has 1 aromatic carbocycles. The Bertz CT molecular complexity index is 599. The topological polar surface area (TPSA) is 46.9 Å². The summed E-state index contributed by atoms with van der Waals surface area (Å²) in [4.78, 5) is 12.1. The van der Waals surface area contributed by atoms with Crippen LogP contribution in [0.4, 0.5) is 5.69 Å². The molecule has 1 heterocycles. The van der Waals surface area contributed by atoms with Crippen molar-refractivity contribution >= 4 is 11.6 Å². The molecule has 0 saturated carbocycles. The van der Waals surface area contributed by atoms with Crippen molar-refractivity contribution in [3.05, 3.63) is 46.8 Å². The van der Waals surface area contributed by atoms with E-state index < -0.39 is 0 Å². The fourth-order valence-electron chi connectivity index (χ4n) is 1.96. The summed E-state index contributed by atoms with van der Waals surface area (Å²) in [6.45, 7) is 5.88. The SMILES string of the molecule is Cc1ccc(NC(=O)c2cc(C)nn2C)c(C)c1. The summed E-state index contributed by atoms with van der Waals surface area (Å²) in [7, 11) is 1.77. The smallest absolute Gasteiger partial charge is 0.273 e. The molecule has 2 aromatic rings. The van der Waals surface area contributed by atoms with E-state index in [1.807, 2.05) is 39.0 Å². The molecular formula is C14H17N3O. The number of amides is 1. The minimum Gasteiger partial charge on any atom is -0.320 e. The summed E-state index contributed by atoms with van der Waals surface area (Å²) in [6.07, 6.45) is 0. The number of aryl methyl sites for hydroxylation is 4. The van der Waals surface area contributed by atoms with E-state index in [4.69, 9.17) is 0 Å². The van der Waals surface area contributed by atoms with Gasteiger partial charge in [0, 0.05) is 12.7 Å². The number of nitrogens with zero attached hydrogens (tertiary/aromatic N) is 2. The third-order valence-electron chi connectivity index (χ3n) is 2.86. The molecular weight excluding hydrogens is 226 g/mol. The first-order chi connectivity index (χ1) is 8.47. The van der Waals surface area contributed by atoms with Gasteiger partial charge in [-0.2, -0.15) is 5.10 Å². The summed E-state index contributed by atoms with van der Waals surface area (Å²) >= 11 is 0. The second-order valence-corrected chi connectivity index (χ2v) is 4.57. The number of nitrogens with one attached hydrogen (secondary N) is 1. The average Bonchev–Trinajstić information content (AvgIpc) is 2.62. The molecule has 0 aliphatic heterocycles. The van der Waals surface area contributed by atoms with Crippen molar-refractivity contribution in [1.29, 1.82) is 0 Å². The quantitative estimate of drug-likeness (QED) is 0.881. The van der Waals surface area contributed by atoms with Crippen LogP contribution in [0.25, 0.3) is 0 Å². The molecule has 94 valence electrons. The highest BCUT2D eigenvalue weighted by molar-refractivity contribution is 6.03. The maximum Gasteiger partial charge on any atom is 0.273 e. The number of carbonyl (C=O) groups excluding carboxylic acids is 1. The summed E-state index contributed by atoms with van der Waals surface area (Å²) in [5.74, 6) is -0.134. The van der Waals surface area contributed by atoms with Gasteiger partial charge in [0.1, 0.15) is 5.69 Å². The minimum absolute atomic E-state index is 0.134. The Hall–Kier alpha value is -2.10. The Labute approximate surface area is 107 Å². The van der Waals surface area contributed by atoms with Crippen LogP contribution in [0, 0.1) is 20.8 Å². The molecule has 4 nitrogen and oxygen atoms in total. The summed E-state index contributed by atoms with van der Waals surface area (Å²) in [5.41, 5.74) is 4.48. The lowest BCUT2D eigenvalue weighted by Crippen LogP contribution is -2.16. The molecule has 0 aliphatic carbocycles. The van der Waals surface area contributed by atoms with Crippen LogP contribution in [0.5, 0.6) is 0 Å². The molecule has 0 spiro atoms. The van der Waals surface area contributed by atoms with E-state index in [0.717, 1.165) is 16.9 Å². The number of hydrogen-bond acceptors (Lipinski definition) is 2. The number of benzene rings is 1. The van der Waals surface area contributed by atoms with Gasteiger partial charge >= 0.3 is 0 Å². The van der Waals surface area contributed by atoms with E-state index in [2.05, 4.69) is 10.4 Å². The fraction of sp³-hybridized carbons (Fsp3) is 0.286. The largest absolute Gasteiger partial charge is 0.320 e. The normalized spacial score (nSPS) is 10.4. The second-order valence-electron chi connectivity index (χ2n) is 4.57. The Morgan fingerprint density at radius 3 is 2.50 bits per heavy atom. The molecule has 0 bridgehead atoms. The number of carbonyl (C=O) groups is 1. The van der Waals surface area contributed by atoms with Crippen LogP contribution in [0.3, 0.4) is 0 Å². The number of aromatic nitrogens is 2. The number of rotatable bonds is 2. The predicted octanol–water partition coefficient (Wildman–Crippen LogP) is 2.60. The van der Waals surface area contributed by atoms with Gasteiger partial charge in [0.25, 0.3) is 5.91 Å². The van der Waals surface area contributed by atoms with Gasteiger partial charge in [0.15, 0.2) is 0 Å². The van der Waals surface area contributed by atoms with Gasteiger partial charge in [-0.05, 0) is 38.5 Å². The highest BCUT2D eigenvalue weighted by atomic mass is 16.2. The Balaban J connectivity index is 2.24. The molecule has 0 saturated heterocycles. The van der Waals surface area contributed by atoms with Gasteiger partial charge in [0.05, 0.1) is 5.69 Å². The van der Waals surface area contributed by atoms with Crippen molar-refractivity contribution in [2.45, 2.75) is 20.8 Å². The highest BCUT2D eigenvalue weighted by Gasteiger charge is 2.12. The van der Waals surface area contributed by atoms with Crippen molar-refractivity contribution in [2.24, 2.45) is 7.05 Å². The third-order valence-corrected chi connectivity index (χ3v) is 2.86. The van der Waals surface area contributed by atoms with E-state index in [1.165, 1.54) is 5.56 Å². The van der Waals surface area contributed by atoms with Gasteiger partial charge in [-0.15, -0.1) is 0 Å². The molecule has 1 N–H and O–H groups in total. The van der Waals surface area contributed by atoms with Crippen molar-refractivity contribution in [3.63, 3.8) is 0 Å². The monoisotopic (exact) mass is 243 g/mol. The number of anilines is 1. The van der Waals surface area contributed by atoms with Crippen molar-refractivity contribution in [1.82, 2.24) is 9.78 Å². The molecule has 0 fully saturated rings. The summed E-state index contributed by atoms with van der Waals surface area (Å²) < 4.78 is 1.59. The Morgan fingerprint density at radius 1 is 1.22 bits per heavy atom. The lowest BCUT2D eigenvalue weighted by molar-refractivity contribution is 0.101. The van der Waals surface area contributed by atoms with Crippen LogP contribution in [-0.4, -0.2) is 15.7 Å². The van der Waals surface area contributed by atoms with Gasteiger partial charge < -0.3 is 5.32 Å². The van der Waals surface area contributed by atoms with E-state index >= 15 is 0 Å². The molecule has 0 unspecified atom stereocenters. The second kappa shape index (κ2) is 4.64. The first-order valence-corrected chi connectivity index (χ1v) is 5.86. The van der Waals surface area contributed by atoms with Crippen LogP contribution in [-0.2, 0) is 7.05 Å². The van der Waals surface area contributed by atoms with Crippen LogP contribution in [0.15, 0.2) is 24.3 Å². The van der Waals surface area contributed by atoms with Crippen LogP contribution in [0.1, 0.15) is 27.3 Å². The minimum atomic E-state index is -0.134. The zero-order valence-corrected chi connectivity index (χ0v) is 11.1. The first kappa shape index (κ1) is 12.4. The van der Waals surface area contributed by atoms with Crippen molar-refractivity contribution in [2.75, 3.05) is 5.32 Å². The lowest BCUT2D eigenvalue weighted by atomic mass is 10.1. The maximum absolute atomic E-state index is 12.1. The molecule has 2 rings (SSSR count). The molecule has 0 atom stereocenters. The predicted molar refractivity (Wildman–Crippen MR) is 71.8 cm³/mol. The van der Waals surface area contributed by atoms with Gasteiger partial charge in [-0.1, -0.05) is 17.7 Å². The zero-order valence-electron chi connectivity index (χ0n) is 11.1. The molecule has 1 aromatic heterocycles. The van der Waals surface area contributed by atoms with Crippen molar-refractivity contribution in [3.8, 4) is 0 Å². The zero-order chi connectivity index (χ0) is 13.3. The Kier molecular flexibility index (Phi) is 3.19. The van der Waals surface area contributed by atoms with Gasteiger partial charge in [0.2, 0.25) is 0 Å². The molecule has 0 aliphatic rings. The first-order valence-electron chi connectivity index (χ1n) is 5.86. The maximum atomic E-state index is 12.1. The van der Waals surface area contributed by atoms with Crippen LogP contribution in [0.2, 0.25) is 0 Å². The molecule has 1 amide bonds. The van der Waals surface area contributed by atoms with Crippen LogP contribution >= 0.6 is 0 Å². The molecule has 0 radical (unpaired) electrons.